The van der Waals surface area contributed by atoms with Crippen LogP contribution in [0.15, 0.2) is 59.0 Å². The lowest BCUT2D eigenvalue weighted by Gasteiger charge is -2.36. The smallest absolute Gasteiger partial charge is 0.263 e. The van der Waals surface area contributed by atoms with E-state index in [1.807, 2.05) is 28.0 Å². The fourth-order valence-electron chi connectivity index (χ4n) is 11.2. The monoisotopic (exact) mass is 1030 g/mol. The first kappa shape index (κ1) is 52.3. The minimum atomic E-state index is -0.589. The number of anilines is 3. The molecule has 0 bridgehead atoms. The summed E-state index contributed by atoms with van der Waals surface area (Å²) in [5, 5.41) is 12.4. The van der Waals surface area contributed by atoms with Crippen LogP contribution in [0.5, 0.6) is 5.75 Å². The fourth-order valence-corrected chi connectivity index (χ4v) is 12.1. The van der Waals surface area contributed by atoms with Crippen LogP contribution in [-0.4, -0.2) is 122 Å². The summed E-state index contributed by atoms with van der Waals surface area (Å²) < 4.78 is 7.75. The number of piperazine rings is 1. The van der Waals surface area contributed by atoms with Gasteiger partial charge in [0.05, 0.1) is 36.1 Å². The largest absolute Gasteiger partial charge is 0.494 e. The lowest BCUT2D eigenvalue weighted by molar-refractivity contribution is -0.139. The molecule has 3 amide bonds. The van der Waals surface area contributed by atoms with E-state index in [4.69, 9.17) is 14.7 Å². The number of nitrogens with one attached hydrogen (secondary N) is 3. The summed E-state index contributed by atoms with van der Waals surface area (Å²) in [6.07, 6.45) is 15.6. The van der Waals surface area contributed by atoms with Gasteiger partial charge in [-0.25, -0.2) is 15.0 Å². The summed E-state index contributed by atoms with van der Waals surface area (Å²) in [5.74, 6) is 0.907. The van der Waals surface area contributed by atoms with Gasteiger partial charge in [0.1, 0.15) is 34.0 Å². The molecule has 0 radical (unpaired) electrons. The summed E-state index contributed by atoms with van der Waals surface area (Å²) >= 11 is 1.39. The Bertz CT molecular complexity index is 2900. The first-order valence-corrected chi connectivity index (χ1v) is 27.5. The van der Waals surface area contributed by atoms with Crippen LogP contribution in [-0.2, 0) is 14.4 Å². The van der Waals surface area contributed by atoms with E-state index in [1.165, 1.54) is 18.3 Å². The first-order valence-electron chi connectivity index (χ1n) is 26.6. The number of unbranched alkanes of at least 4 members (excludes halogenated alkanes) is 1. The predicted molar refractivity (Wildman–Crippen MR) is 284 cm³/mol. The number of thiazole rings is 1. The minimum Gasteiger partial charge on any atom is -0.494 e. The second-order valence-corrected chi connectivity index (χ2v) is 21.2. The standard InChI is InChI=1S/C55H69N11O7S/c1-34-42-32-58-55(62-50(42)66(39-17-8-9-18-39)53(71)47(34)36(3)67)60-45-23-22-40(31-57-45)63-25-27-64(28-26-63)46(68)21-10-11-29-73-41-19-12-16-38(30-41)49(69)43-33-74-52(59-43)44-20-13-24-65(44)54(72)48(37-14-6-5-7-15-37)61-51(70)35(2)56-4/h12,16,19,22-23,30-33,35,37,39,44,48,56H,5-11,13-15,17-18,20-21,24-29H2,1-4H3,(H,61,70)(H,57,58,60,62)/t35?,44-,48?/m0/s1. The Morgan fingerprint density at radius 2 is 1.64 bits per heavy atom. The Hall–Kier alpha value is -6.60. The third kappa shape index (κ3) is 11.7. The Labute approximate surface area is 436 Å². The number of likely N-dealkylation sites (N-methyl/N-ethyl adjacent to an activating group) is 1. The average Bonchev–Trinajstić information content (AvgIpc) is 4.25. The lowest BCUT2D eigenvalue weighted by atomic mass is 9.83. The highest BCUT2D eigenvalue weighted by molar-refractivity contribution is 7.10. The van der Waals surface area contributed by atoms with Crippen molar-refractivity contribution in [3.05, 3.63) is 91.9 Å². The number of likely N-dealkylation sites (tertiary alicyclic amines) is 1. The quantitative estimate of drug-likeness (QED) is 0.0541. The van der Waals surface area contributed by atoms with Gasteiger partial charge in [0.15, 0.2) is 5.78 Å². The Balaban J connectivity index is 0.719. The molecule has 4 fully saturated rings. The summed E-state index contributed by atoms with van der Waals surface area (Å²) in [6, 6.07) is 9.65. The van der Waals surface area contributed by atoms with Crippen LogP contribution in [0.25, 0.3) is 11.0 Å². The van der Waals surface area contributed by atoms with Gasteiger partial charge in [-0.1, -0.05) is 44.2 Å². The number of pyridine rings is 2. The fraction of sp³-hybridized carbons (Fsp3) is 0.527. The first-order chi connectivity index (χ1) is 35.9. The Kier molecular flexibility index (Phi) is 16.8. The molecular weight excluding hydrogens is 959 g/mol. The van der Waals surface area contributed by atoms with Crippen LogP contribution in [0.4, 0.5) is 17.5 Å². The SMILES string of the molecule is CNC(C)C(=O)NC(C(=O)N1CCC[C@H]1c1nc(C(=O)c2cccc(OCCCCC(=O)N3CCN(c4ccc(Nc5ncc6c(C)c(C(C)=O)c(=O)n(C7CCCC7)c6n5)nc4)CC3)c2)cs1)C1CCCCC1. The number of aromatic nitrogens is 5. The van der Waals surface area contributed by atoms with E-state index in [9.17, 15) is 28.8 Å². The third-order valence-electron chi connectivity index (χ3n) is 15.5. The zero-order valence-corrected chi connectivity index (χ0v) is 43.9. The number of hydrogen-bond acceptors (Lipinski definition) is 15. The number of Topliss-reactive ketones (excluding diaryl/α,β-unsaturated/α-hetero) is 1. The highest BCUT2D eigenvalue weighted by atomic mass is 32.1. The van der Waals surface area contributed by atoms with Crippen molar-refractivity contribution < 1.29 is 28.7 Å². The van der Waals surface area contributed by atoms with Crippen molar-refractivity contribution in [2.24, 2.45) is 5.92 Å². The van der Waals surface area contributed by atoms with E-state index in [0.717, 1.165) is 81.3 Å². The van der Waals surface area contributed by atoms with Gasteiger partial charge in [-0.2, -0.15) is 4.98 Å². The molecule has 6 heterocycles. The molecule has 4 aromatic heterocycles. The van der Waals surface area contributed by atoms with Gasteiger partial charge < -0.3 is 35.4 Å². The van der Waals surface area contributed by atoms with Crippen molar-refractivity contribution in [2.45, 2.75) is 135 Å². The van der Waals surface area contributed by atoms with Crippen molar-refractivity contribution in [1.82, 2.24) is 44.9 Å². The minimum absolute atomic E-state index is 0.0131. The number of hydrogen-bond donors (Lipinski definition) is 3. The Morgan fingerprint density at radius 1 is 0.865 bits per heavy atom. The summed E-state index contributed by atoms with van der Waals surface area (Å²) in [7, 11) is 1.74. The molecule has 1 aromatic carbocycles. The number of rotatable bonds is 19. The van der Waals surface area contributed by atoms with Crippen molar-refractivity contribution in [1.29, 1.82) is 0 Å². The number of ether oxygens (including phenoxy) is 1. The van der Waals surface area contributed by atoms with E-state index in [1.54, 1.807) is 61.4 Å². The van der Waals surface area contributed by atoms with Crippen LogP contribution in [0, 0.1) is 12.8 Å². The highest BCUT2D eigenvalue weighted by Crippen LogP contribution is 2.37. The zero-order valence-electron chi connectivity index (χ0n) is 43.1. The summed E-state index contributed by atoms with van der Waals surface area (Å²) in [4.78, 5) is 105. The molecular formula is C55H69N11O7S. The molecule has 74 heavy (non-hydrogen) atoms. The molecule has 2 aliphatic carbocycles. The molecule has 3 atom stereocenters. The highest BCUT2D eigenvalue weighted by Gasteiger charge is 2.40. The number of ketones is 2. The van der Waals surface area contributed by atoms with Crippen LogP contribution >= 0.6 is 11.3 Å². The van der Waals surface area contributed by atoms with Gasteiger partial charge in [0.25, 0.3) is 5.56 Å². The number of amides is 3. The van der Waals surface area contributed by atoms with Crippen molar-refractivity contribution in [3.8, 4) is 5.75 Å². The lowest BCUT2D eigenvalue weighted by Crippen LogP contribution is -2.55. The average molecular weight is 1030 g/mol. The number of aryl methyl sites for hydroxylation is 1. The molecule has 2 saturated carbocycles. The van der Waals surface area contributed by atoms with Crippen LogP contribution in [0.2, 0.25) is 0 Å². The number of benzene rings is 1. The van der Waals surface area contributed by atoms with E-state index < -0.39 is 12.1 Å². The summed E-state index contributed by atoms with van der Waals surface area (Å²) in [5.41, 5.74) is 2.75. The predicted octanol–water partition coefficient (Wildman–Crippen LogP) is 7.48. The van der Waals surface area contributed by atoms with Crippen molar-refractivity contribution in [2.75, 3.05) is 56.6 Å². The molecule has 19 heteroatoms. The molecule has 0 spiro atoms. The molecule has 4 aliphatic rings. The van der Waals surface area contributed by atoms with E-state index >= 15 is 0 Å². The zero-order chi connectivity index (χ0) is 51.9. The molecule has 2 aliphatic heterocycles. The van der Waals surface area contributed by atoms with Gasteiger partial charge in [-0.3, -0.25) is 33.3 Å². The van der Waals surface area contributed by atoms with E-state index in [0.29, 0.717) is 104 Å². The van der Waals surface area contributed by atoms with Gasteiger partial charge in [-0.05, 0) is 115 Å². The maximum absolute atomic E-state index is 14.2. The number of carbonyl (C=O) groups is 5. The van der Waals surface area contributed by atoms with Crippen LogP contribution in [0.1, 0.15) is 153 Å². The number of fused-ring (bicyclic) bond motifs is 1. The molecule has 9 rings (SSSR count). The molecule has 5 aromatic rings. The molecule has 18 nitrogen and oxygen atoms in total. The van der Waals surface area contributed by atoms with Crippen molar-refractivity contribution in [3.63, 3.8) is 0 Å². The molecule has 392 valence electrons. The van der Waals surface area contributed by atoms with Gasteiger partial charge in [0, 0.05) is 67.7 Å². The van der Waals surface area contributed by atoms with Gasteiger partial charge >= 0.3 is 0 Å². The number of carbonyl (C=O) groups excluding carboxylic acids is 5. The van der Waals surface area contributed by atoms with E-state index in [-0.39, 0.29) is 58.4 Å². The Morgan fingerprint density at radius 3 is 2.36 bits per heavy atom. The topological polar surface area (TPSA) is 214 Å². The van der Waals surface area contributed by atoms with Gasteiger partial charge in [-0.15, -0.1) is 11.3 Å². The van der Waals surface area contributed by atoms with Gasteiger partial charge in [0.2, 0.25) is 29.5 Å². The second-order valence-electron chi connectivity index (χ2n) is 20.3. The molecule has 2 unspecified atom stereocenters. The molecule has 3 N–H and O–H groups in total. The third-order valence-corrected chi connectivity index (χ3v) is 16.4. The second kappa shape index (κ2) is 23.7. The van der Waals surface area contributed by atoms with Crippen molar-refractivity contribution >= 4 is 69.1 Å². The maximum atomic E-state index is 14.2. The maximum Gasteiger partial charge on any atom is 0.263 e. The number of nitrogens with zero attached hydrogens (tertiary/aromatic N) is 8. The van der Waals surface area contributed by atoms with Crippen LogP contribution < -0.4 is 31.1 Å². The summed E-state index contributed by atoms with van der Waals surface area (Å²) in [6.45, 7) is 8.53. The van der Waals surface area contributed by atoms with E-state index in [2.05, 4.69) is 30.8 Å². The normalized spacial score (nSPS) is 18.4. The van der Waals surface area contributed by atoms with Crippen LogP contribution in [0.3, 0.4) is 0 Å². The molecule has 2 saturated heterocycles.